The lowest BCUT2D eigenvalue weighted by atomic mass is 10.1. The van der Waals surface area contributed by atoms with Crippen LogP contribution in [-0.4, -0.2) is 59.9 Å². The third-order valence-electron chi connectivity index (χ3n) is 4.62. The number of hydrogen-bond donors (Lipinski definition) is 2. The quantitative estimate of drug-likeness (QED) is 0.346. The van der Waals surface area contributed by atoms with E-state index in [4.69, 9.17) is 4.74 Å². The van der Waals surface area contributed by atoms with Crippen LogP contribution in [0.15, 0.2) is 47.4 Å². The highest BCUT2D eigenvalue weighted by molar-refractivity contribution is 8.00. The molecule has 0 atom stereocenters. The molecule has 1 aliphatic rings. The van der Waals surface area contributed by atoms with Gasteiger partial charge in [0.15, 0.2) is 6.61 Å². The van der Waals surface area contributed by atoms with E-state index in [1.54, 1.807) is 24.3 Å². The molecule has 0 saturated carbocycles. The van der Waals surface area contributed by atoms with Gasteiger partial charge >= 0.3 is 5.97 Å². The molecule has 172 valence electrons. The number of imide groups is 1. The van der Waals surface area contributed by atoms with Crippen LogP contribution in [0, 0.1) is 0 Å². The van der Waals surface area contributed by atoms with E-state index >= 15 is 0 Å². The Balaban J connectivity index is 1.57. The van der Waals surface area contributed by atoms with E-state index in [2.05, 4.69) is 10.6 Å². The van der Waals surface area contributed by atoms with Gasteiger partial charge in [0.25, 0.3) is 17.7 Å². The number of ether oxygens (including phenoxy) is 1. The van der Waals surface area contributed by atoms with Gasteiger partial charge in [-0.2, -0.15) is 0 Å². The normalized spacial score (nSPS) is 12.5. The van der Waals surface area contributed by atoms with E-state index in [1.807, 2.05) is 13.8 Å². The summed E-state index contributed by atoms with van der Waals surface area (Å²) in [6.45, 7) is 3.17. The first-order chi connectivity index (χ1) is 15.7. The number of nitrogens with one attached hydrogen (secondary N) is 2. The molecule has 0 radical (unpaired) electrons. The molecule has 33 heavy (non-hydrogen) atoms. The minimum atomic E-state index is -0.700. The Bertz CT molecular complexity index is 1130. The summed E-state index contributed by atoms with van der Waals surface area (Å²) in [5.74, 6) is -2.17. The van der Waals surface area contributed by atoms with Gasteiger partial charge in [0.1, 0.15) is 0 Å². The zero-order valence-electron chi connectivity index (χ0n) is 18.3. The number of amides is 4. The molecule has 0 spiro atoms. The average Bonchev–Trinajstić information content (AvgIpc) is 2.99. The molecule has 0 fully saturated rings. The second kappa shape index (κ2) is 10.3. The van der Waals surface area contributed by atoms with E-state index in [0.717, 1.165) is 4.90 Å². The van der Waals surface area contributed by atoms with E-state index in [1.165, 1.54) is 37.0 Å². The maximum absolute atomic E-state index is 12.5. The van der Waals surface area contributed by atoms with Crippen molar-refractivity contribution in [2.24, 2.45) is 0 Å². The Morgan fingerprint density at radius 1 is 1.00 bits per heavy atom. The van der Waals surface area contributed by atoms with Crippen molar-refractivity contribution in [3.63, 3.8) is 0 Å². The molecule has 2 aromatic rings. The molecular weight excluding hydrogens is 446 g/mol. The lowest BCUT2D eigenvalue weighted by Gasteiger charge is -2.11. The molecule has 9 nitrogen and oxygen atoms in total. The van der Waals surface area contributed by atoms with Gasteiger partial charge in [0.2, 0.25) is 5.91 Å². The van der Waals surface area contributed by atoms with Gasteiger partial charge in [0, 0.05) is 23.7 Å². The van der Waals surface area contributed by atoms with E-state index in [9.17, 15) is 24.0 Å². The van der Waals surface area contributed by atoms with Crippen LogP contribution in [0.2, 0.25) is 0 Å². The zero-order valence-corrected chi connectivity index (χ0v) is 19.2. The first kappa shape index (κ1) is 24.0. The fraction of sp³-hybridized carbons (Fsp3) is 0.261. The SMILES string of the molecule is CC(C)NC(=O)CSc1ccccc1C(=O)OCC(=O)Nc1ccc2c(c1)C(=O)N(C)C2=O. The Kier molecular flexibility index (Phi) is 7.49. The lowest BCUT2D eigenvalue weighted by Crippen LogP contribution is -2.31. The Morgan fingerprint density at radius 3 is 2.42 bits per heavy atom. The van der Waals surface area contributed by atoms with Crippen molar-refractivity contribution in [2.75, 3.05) is 24.7 Å². The number of nitrogens with zero attached hydrogens (tertiary/aromatic N) is 1. The first-order valence-electron chi connectivity index (χ1n) is 10.1. The van der Waals surface area contributed by atoms with Gasteiger partial charge in [-0.25, -0.2) is 4.79 Å². The molecule has 0 saturated heterocycles. The monoisotopic (exact) mass is 469 g/mol. The number of carbonyl (C=O) groups excluding carboxylic acids is 5. The molecule has 3 rings (SSSR count). The minimum absolute atomic E-state index is 0.0158. The van der Waals surface area contributed by atoms with Crippen molar-refractivity contribution >= 4 is 47.0 Å². The summed E-state index contributed by atoms with van der Waals surface area (Å²) in [4.78, 5) is 62.2. The summed E-state index contributed by atoms with van der Waals surface area (Å²) in [5, 5.41) is 5.32. The molecule has 4 amide bonds. The van der Waals surface area contributed by atoms with E-state index in [-0.39, 0.29) is 34.4 Å². The third-order valence-corrected chi connectivity index (χ3v) is 5.70. The number of hydrogen-bond acceptors (Lipinski definition) is 7. The molecule has 10 heteroatoms. The van der Waals surface area contributed by atoms with Crippen molar-refractivity contribution in [1.82, 2.24) is 10.2 Å². The Hall–Kier alpha value is -3.66. The summed E-state index contributed by atoms with van der Waals surface area (Å²) in [7, 11) is 1.38. The van der Waals surface area contributed by atoms with Gasteiger partial charge in [-0.05, 0) is 44.2 Å². The zero-order chi connectivity index (χ0) is 24.1. The van der Waals surface area contributed by atoms with Gasteiger partial charge in [-0.1, -0.05) is 12.1 Å². The van der Waals surface area contributed by atoms with Gasteiger partial charge in [-0.15, -0.1) is 11.8 Å². The number of anilines is 1. The van der Waals surface area contributed by atoms with Crippen LogP contribution < -0.4 is 10.6 Å². The number of thioether (sulfide) groups is 1. The standard InChI is InChI=1S/C23H23N3O6S/c1-13(2)24-20(28)12-33-18-7-5-4-6-16(18)23(31)32-11-19(27)25-14-8-9-15-17(10-14)22(30)26(3)21(15)29/h4-10,13H,11-12H2,1-3H3,(H,24,28)(H,25,27). The highest BCUT2D eigenvalue weighted by atomic mass is 32.2. The van der Waals surface area contributed by atoms with Crippen molar-refractivity contribution in [3.8, 4) is 0 Å². The van der Waals surface area contributed by atoms with Crippen LogP contribution in [0.3, 0.4) is 0 Å². The van der Waals surface area contributed by atoms with Crippen molar-refractivity contribution in [2.45, 2.75) is 24.8 Å². The fourth-order valence-electron chi connectivity index (χ4n) is 3.11. The number of rotatable bonds is 8. The maximum Gasteiger partial charge on any atom is 0.339 e. The topological polar surface area (TPSA) is 122 Å². The van der Waals surface area contributed by atoms with Crippen molar-refractivity contribution < 1.29 is 28.7 Å². The highest BCUT2D eigenvalue weighted by Crippen LogP contribution is 2.25. The van der Waals surface area contributed by atoms with Gasteiger partial charge in [0.05, 0.1) is 22.4 Å². The molecule has 0 unspecified atom stereocenters. The van der Waals surface area contributed by atoms with Crippen LogP contribution in [0.4, 0.5) is 5.69 Å². The molecule has 2 aromatic carbocycles. The molecule has 1 aliphatic heterocycles. The van der Waals surface area contributed by atoms with E-state index in [0.29, 0.717) is 10.6 Å². The van der Waals surface area contributed by atoms with Crippen LogP contribution >= 0.6 is 11.8 Å². The second-order valence-electron chi connectivity index (χ2n) is 7.56. The Morgan fingerprint density at radius 2 is 1.70 bits per heavy atom. The highest BCUT2D eigenvalue weighted by Gasteiger charge is 2.32. The van der Waals surface area contributed by atoms with Crippen molar-refractivity contribution in [3.05, 3.63) is 59.2 Å². The van der Waals surface area contributed by atoms with Crippen LogP contribution in [0.1, 0.15) is 44.9 Å². The number of carbonyl (C=O) groups is 5. The second-order valence-corrected chi connectivity index (χ2v) is 8.58. The molecule has 1 heterocycles. The number of benzene rings is 2. The molecule has 0 bridgehead atoms. The molecular formula is C23H23N3O6S. The smallest absolute Gasteiger partial charge is 0.339 e. The Labute approximate surface area is 194 Å². The first-order valence-corrected chi connectivity index (χ1v) is 11.1. The average molecular weight is 470 g/mol. The summed E-state index contributed by atoms with van der Waals surface area (Å²) in [6.07, 6.45) is 0. The summed E-state index contributed by atoms with van der Waals surface area (Å²) in [5.41, 5.74) is 1.02. The molecule has 0 aliphatic carbocycles. The largest absolute Gasteiger partial charge is 0.452 e. The molecule has 0 aromatic heterocycles. The van der Waals surface area contributed by atoms with Gasteiger partial charge in [-0.3, -0.25) is 24.1 Å². The minimum Gasteiger partial charge on any atom is -0.452 e. The van der Waals surface area contributed by atoms with Crippen LogP contribution in [-0.2, 0) is 14.3 Å². The summed E-state index contributed by atoms with van der Waals surface area (Å²) in [6, 6.07) is 11.0. The van der Waals surface area contributed by atoms with E-state index < -0.39 is 30.3 Å². The fourth-order valence-corrected chi connectivity index (χ4v) is 3.96. The van der Waals surface area contributed by atoms with Crippen LogP contribution in [0.25, 0.3) is 0 Å². The van der Waals surface area contributed by atoms with Crippen LogP contribution in [0.5, 0.6) is 0 Å². The lowest BCUT2D eigenvalue weighted by molar-refractivity contribution is -0.119. The van der Waals surface area contributed by atoms with Crippen molar-refractivity contribution in [1.29, 1.82) is 0 Å². The number of fused-ring (bicyclic) bond motifs is 1. The molecule has 2 N–H and O–H groups in total. The third kappa shape index (κ3) is 5.78. The summed E-state index contributed by atoms with van der Waals surface area (Å²) < 4.78 is 5.13. The number of esters is 1. The van der Waals surface area contributed by atoms with Gasteiger partial charge < -0.3 is 15.4 Å². The predicted molar refractivity (Wildman–Crippen MR) is 122 cm³/mol. The maximum atomic E-state index is 12.5. The summed E-state index contributed by atoms with van der Waals surface area (Å²) >= 11 is 1.20. The predicted octanol–water partition coefficient (Wildman–Crippen LogP) is 2.32.